The van der Waals surface area contributed by atoms with Crippen molar-refractivity contribution in [2.24, 2.45) is 0 Å². The zero-order chi connectivity index (χ0) is 23.8. The highest BCUT2D eigenvalue weighted by Gasteiger charge is 2.26. The number of sulfonamides is 1. The molecule has 0 radical (unpaired) electrons. The maximum absolute atomic E-state index is 13.4. The lowest BCUT2D eigenvalue weighted by atomic mass is 9.87. The predicted octanol–water partition coefficient (Wildman–Crippen LogP) is 4.82. The molecule has 3 rings (SSSR count). The van der Waals surface area contributed by atoms with Gasteiger partial charge in [0.2, 0.25) is 0 Å². The minimum absolute atomic E-state index is 0.265. The standard InChI is InChI=1S/C26H36N2O4S/c1-4-28(5-2)19-11-10-14-21-13-7-9-16-24(21)33(30,31)27-23-18-17-20-12-6-8-15-22(20)25(23)26(29)32-3/h7,9,13,16-18,27H,4-6,8,10-12,14-15,19H2,1-3H3. The van der Waals surface area contributed by atoms with E-state index in [1.807, 2.05) is 18.2 Å². The van der Waals surface area contributed by atoms with Gasteiger partial charge in [0.1, 0.15) is 0 Å². The van der Waals surface area contributed by atoms with Crippen LogP contribution >= 0.6 is 0 Å². The Hall–Kier alpha value is -2.38. The van der Waals surface area contributed by atoms with Gasteiger partial charge in [-0.3, -0.25) is 4.72 Å². The van der Waals surface area contributed by atoms with Crippen molar-refractivity contribution in [1.82, 2.24) is 4.90 Å². The Labute approximate surface area is 198 Å². The van der Waals surface area contributed by atoms with E-state index >= 15 is 0 Å². The van der Waals surface area contributed by atoms with E-state index in [2.05, 4.69) is 23.5 Å². The Balaban J connectivity index is 1.84. The number of hydrogen-bond donors (Lipinski definition) is 1. The van der Waals surface area contributed by atoms with Crippen molar-refractivity contribution in [2.75, 3.05) is 31.5 Å². The molecule has 0 heterocycles. The third-order valence-corrected chi connectivity index (χ3v) is 7.96. The van der Waals surface area contributed by atoms with Crippen LogP contribution < -0.4 is 4.72 Å². The van der Waals surface area contributed by atoms with Gasteiger partial charge < -0.3 is 9.64 Å². The molecule has 0 amide bonds. The highest BCUT2D eigenvalue weighted by Crippen LogP contribution is 2.32. The summed E-state index contributed by atoms with van der Waals surface area (Å²) in [6.45, 7) is 7.36. The molecule has 6 nitrogen and oxygen atoms in total. The summed E-state index contributed by atoms with van der Waals surface area (Å²) in [5.41, 5.74) is 3.42. The topological polar surface area (TPSA) is 75.7 Å². The molecular formula is C26H36N2O4S. The molecule has 2 aromatic rings. The molecule has 2 aromatic carbocycles. The minimum atomic E-state index is -3.87. The van der Waals surface area contributed by atoms with E-state index in [1.165, 1.54) is 7.11 Å². The first-order valence-electron chi connectivity index (χ1n) is 12.0. The molecule has 33 heavy (non-hydrogen) atoms. The van der Waals surface area contributed by atoms with Crippen molar-refractivity contribution < 1.29 is 17.9 Å². The first-order valence-corrected chi connectivity index (χ1v) is 13.5. The molecule has 0 fully saturated rings. The van der Waals surface area contributed by atoms with Crippen LogP contribution in [0.1, 0.15) is 66.6 Å². The Morgan fingerprint density at radius 3 is 2.48 bits per heavy atom. The molecule has 1 aliphatic carbocycles. The number of rotatable bonds is 11. The van der Waals surface area contributed by atoms with Gasteiger partial charge in [-0.05, 0) is 93.4 Å². The maximum Gasteiger partial charge on any atom is 0.340 e. The van der Waals surface area contributed by atoms with Crippen molar-refractivity contribution in [3.8, 4) is 0 Å². The average molecular weight is 473 g/mol. The fraction of sp³-hybridized carbons (Fsp3) is 0.500. The van der Waals surface area contributed by atoms with Gasteiger partial charge in [-0.2, -0.15) is 0 Å². The van der Waals surface area contributed by atoms with Gasteiger partial charge in [0.15, 0.2) is 0 Å². The molecule has 0 atom stereocenters. The van der Waals surface area contributed by atoms with Gasteiger partial charge in [-0.1, -0.05) is 38.1 Å². The number of fused-ring (bicyclic) bond motifs is 1. The summed E-state index contributed by atoms with van der Waals surface area (Å²) in [5.74, 6) is -0.504. The van der Waals surface area contributed by atoms with E-state index in [0.717, 1.165) is 74.8 Å². The fourth-order valence-corrected chi connectivity index (χ4v) is 5.95. The number of hydrogen-bond acceptors (Lipinski definition) is 5. The molecular weight excluding hydrogens is 436 g/mol. The molecule has 0 saturated carbocycles. The lowest BCUT2D eigenvalue weighted by Crippen LogP contribution is -2.24. The van der Waals surface area contributed by atoms with E-state index in [1.54, 1.807) is 18.2 Å². The number of anilines is 1. The van der Waals surface area contributed by atoms with E-state index in [-0.39, 0.29) is 4.90 Å². The molecule has 0 unspecified atom stereocenters. The van der Waals surface area contributed by atoms with Crippen molar-refractivity contribution in [1.29, 1.82) is 0 Å². The van der Waals surface area contributed by atoms with Gasteiger partial charge >= 0.3 is 5.97 Å². The number of esters is 1. The summed E-state index contributed by atoms with van der Waals surface area (Å²) in [5, 5.41) is 0. The number of unbranched alkanes of at least 4 members (excludes halogenated alkanes) is 1. The molecule has 0 saturated heterocycles. The van der Waals surface area contributed by atoms with E-state index < -0.39 is 16.0 Å². The van der Waals surface area contributed by atoms with Crippen molar-refractivity contribution in [3.05, 3.63) is 58.7 Å². The van der Waals surface area contributed by atoms with Crippen LogP contribution in [0.25, 0.3) is 0 Å². The van der Waals surface area contributed by atoms with Crippen LogP contribution in [0, 0.1) is 0 Å². The Morgan fingerprint density at radius 2 is 1.76 bits per heavy atom. The quantitative estimate of drug-likeness (QED) is 0.375. The summed E-state index contributed by atoms with van der Waals surface area (Å²) in [6, 6.07) is 10.7. The van der Waals surface area contributed by atoms with Crippen LogP contribution in [-0.2, 0) is 34.0 Å². The number of benzene rings is 2. The summed E-state index contributed by atoms with van der Waals surface area (Å²) in [6.07, 6.45) is 6.30. The van der Waals surface area contributed by atoms with Crippen LogP contribution in [0.15, 0.2) is 41.3 Å². The number of carbonyl (C=O) groups is 1. The summed E-state index contributed by atoms with van der Waals surface area (Å²) >= 11 is 0. The third kappa shape index (κ3) is 6.15. The monoisotopic (exact) mass is 472 g/mol. The molecule has 7 heteroatoms. The SMILES string of the molecule is CCN(CC)CCCCc1ccccc1S(=O)(=O)Nc1ccc2c(c1C(=O)OC)CCCC2. The van der Waals surface area contributed by atoms with E-state index in [4.69, 9.17) is 4.74 Å². The number of aryl methyl sites for hydroxylation is 2. The first-order chi connectivity index (χ1) is 15.9. The van der Waals surface area contributed by atoms with Crippen molar-refractivity contribution in [2.45, 2.75) is 63.7 Å². The predicted molar refractivity (Wildman–Crippen MR) is 132 cm³/mol. The summed E-state index contributed by atoms with van der Waals surface area (Å²) in [7, 11) is -2.54. The van der Waals surface area contributed by atoms with Gasteiger partial charge in [0.25, 0.3) is 10.0 Å². The van der Waals surface area contributed by atoms with Crippen LogP contribution in [-0.4, -0.2) is 46.0 Å². The Bertz CT molecular complexity index is 1060. The highest BCUT2D eigenvalue weighted by atomic mass is 32.2. The number of ether oxygens (including phenoxy) is 1. The highest BCUT2D eigenvalue weighted by molar-refractivity contribution is 7.92. The maximum atomic E-state index is 13.4. The number of nitrogens with zero attached hydrogens (tertiary/aromatic N) is 1. The molecule has 0 aromatic heterocycles. The second-order valence-electron chi connectivity index (χ2n) is 8.52. The van der Waals surface area contributed by atoms with Crippen LogP contribution in [0.3, 0.4) is 0 Å². The average Bonchev–Trinajstić information content (AvgIpc) is 2.83. The smallest absolute Gasteiger partial charge is 0.340 e. The third-order valence-electron chi connectivity index (χ3n) is 6.49. The molecule has 0 spiro atoms. The summed E-state index contributed by atoms with van der Waals surface area (Å²) in [4.78, 5) is 15.2. The minimum Gasteiger partial charge on any atom is -0.465 e. The first kappa shape index (κ1) is 25.2. The van der Waals surface area contributed by atoms with Crippen LogP contribution in [0.5, 0.6) is 0 Å². The second-order valence-corrected chi connectivity index (χ2v) is 10.2. The van der Waals surface area contributed by atoms with Crippen molar-refractivity contribution in [3.63, 3.8) is 0 Å². The van der Waals surface area contributed by atoms with Crippen LogP contribution in [0.4, 0.5) is 5.69 Å². The lowest BCUT2D eigenvalue weighted by Gasteiger charge is -2.22. The largest absolute Gasteiger partial charge is 0.465 e. The number of nitrogens with one attached hydrogen (secondary N) is 1. The zero-order valence-electron chi connectivity index (χ0n) is 20.0. The van der Waals surface area contributed by atoms with Gasteiger partial charge in [-0.25, -0.2) is 13.2 Å². The van der Waals surface area contributed by atoms with Crippen LogP contribution in [0.2, 0.25) is 0 Å². The Morgan fingerprint density at radius 1 is 1.03 bits per heavy atom. The summed E-state index contributed by atoms with van der Waals surface area (Å²) < 4.78 is 34.5. The van der Waals surface area contributed by atoms with E-state index in [9.17, 15) is 13.2 Å². The number of carbonyl (C=O) groups excluding carboxylic acids is 1. The van der Waals surface area contributed by atoms with Gasteiger partial charge in [0.05, 0.1) is 23.3 Å². The molecule has 0 aliphatic heterocycles. The van der Waals surface area contributed by atoms with Crippen molar-refractivity contribution >= 4 is 21.7 Å². The lowest BCUT2D eigenvalue weighted by molar-refractivity contribution is 0.0600. The zero-order valence-corrected chi connectivity index (χ0v) is 20.8. The van der Waals surface area contributed by atoms with Gasteiger partial charge in [-0.15, -0.1) is 0 Å². The fourth-order valence-electron chi connectivity index (χ4n) is 4.61. The Kier molecular flexibility index (Phi) is 8.92. The molecule has 180 valence electrons. The number of methoxy groups -OCH3 is 1. The molecule has 1 N–H and O–H groups in total. The second kappa shape index (κ2) is 11.7. The normalized spacial score (nSPS) is 13.6. The molecule has 1 aliphatic rings. The van der Waals surface area contributed by atoms with E-state index in [0.29, 0.717) is 17.7 Å². The molecule has 0 bridgehead atoms. The van der Waals surface area contributed by atoms with Gasteiger partial charge in [0, 0.05) is 0 Å².